The second-order valence-corrected chi connectivity index (χ2v) is 6.07. The molecule has 28 heavy (non-hydrogen) atoms. The number of nitro groups is 1. The predicted molar refractivity (Wildman–Crippen MR) is 108 cm³/mol. The molecule has 1 aromatic heterocycles. The van der Waals surface area contributed by atoms with Crippen LogP contribution in [0.4, 0.5) is 17.2 Å². The second-order valence-electron chi connectivity index (χ2n) is 6.07. The molecule has 0 unspecified atom stereocenters. The number of aromatic nitrogens is 2. The van der Waals surface area contributed by atoms with Crippen molar-refractivity contribution in [2.45, 2.75) is 0 Å². The fourth-order valence-electron chi connectivity index (χ4n) is 2.88. The molecule has 0 aliphatic carbocycles. The van der Waals surface area contributed by atoms with E-state index in [1.807, 2.05) is 48.5 Å². The van der Waals surface area contributed by atoms with E-state index in [0.717, 1.165) is 22.2 Å². The molecule has 7 heteroatoms. The summed E-state index contributed by atoms with van der Waals surface area (Å²) in [5.41, 5.74) is 2.21. The van der Waals surface area contributed by atoms with Crippen LogP contribution in [0, 0.1) is 10.1 Å². The van der Waals surface area contributed by atoms with Gasteiger partial charge in [0.25, 0.3) is 5.69 Å². The molecule has 0 amide bonds. The Kier molecular flexibility index (Phi) is 4.55. The normalized spacial score (nSPS) is 10.6. The molecule has 1 heterocycles. The SMILES string of the molecule is COc1ccc(-c2nc(Nc3cccc([N+](=O)[O-])c3)c3ccccc3n2)cc1. The molecule has 3 aromatic carbocycles. The quantitative estimate of drug-likeness (QED) is 0.393. The molecular formula is C21H16N4O3. The van der Waals surface area contributed by atoms with Crippen LogP contribution in [0.1, 0.15) is 0 Å². The molecule has 4 aromatic rings. The predicted octanol–water partition coefficient (Wildman–Crippen LogP) is 4.96. The first-order valence-electron chi connectivity index (χ1n) is 8.57. The molecule has 0 aliphatic heterocycles. The monoisotopic (exact) mass is 372 g/mol. The molecule has 4 rings (SSSR count). The highest BCUT2D eigenvalue weighted by molar-refractivity contribution is 5.92. The maximum atomic E-state index is 11.1. The largest absolute Gasteiger partial charge is 0.497 e. The highest BCUT2D eigenvalue weighted by atomic mass is 16.6. The third-order valence-electron chi connectivity index (χ3n) is 4.27. The summed E-state index contributed by atoms with van der Waals surface area (Å²) in [5, 5.41) is 15.1. The summed E-state index contributed by atoms with van der Waals surface area (Å²) in [4.78, 5) is 19.9. The highest BCUT2D eigenvalue weighted by Crippen LogP contribution is 2.29. The lowest BCUT2D eigenvalue weighted by Gasteiger charge is -2.11. The Balaban J connectivity index is 1.80. The van der Waals surface area contributed by atoms with E-state index in [0.29, 0.717) is 17.3 Å². The minimum Gasteiger partial charge on any atom is -0.497 e. The first-order valence-corrected chi connectivity index (χ1v) is 8.57. The Morgan fingerprint density at radius 3 is 2.50 bits per heavy atom. The lowest BCUT2D eigenvalue weighted by atomic mass is 10.1. The van der Waals surface area contributed by atoms with Crippen LogP contribution in [-0.2, 0) is 0 Å². The van der Waals surface area contributed by atoms with Gasteiger partial charge in [-0.1, -0.05) is 18.2 Å². The van der Waals surface area contributed by atoms with Gasteiger partial charge in [-0.15, -0.1) is 0 Å². The van der Waals surface area contributed by atoms with Crippen molar-refractivity contribution in [3.05, 3.63) is 82.9 Å². The number of nitrogens with one attached hydrogen (secondary N) is 1. The summed E-state index contributed by atoms with van der Waals surface area (Å²) in [5.74, 6) is 1.88. The van der Waals surface area contributed by atoms with Gasteiger partial charge in [-0.25, -0.2) is 9.97 Å². The number of non-ortho nitro benzene ring substituents is 1. The zero-order valence-corrected chi connectivity index (χ0v) is 15.0. The number of nitrogens with zero attached hydrogens (tertiary/aromatic N) is 3. The molecule has 0 saturated heterocycles. The third-order valence-corrected chi connectivity index (χ3v) is 4.27. The van der Waals surface area contributed by atoms with Gasteiger partial charge in [-0.05, 0) is 42.5 Å². The van der Waals surface area contributed by atoms with E-state index in [1.54, 1.807) is 19.2 Å². The van der Waals surface area contributed by atoms with Crippen LogP contribution in [0.3, 0.4) is 0 Å². The van der Waals surface area contributed by atoms with Crippen LogP contribution >= 0.6 is 0 Å². The lowest BCUT2D eigenvalue weighted by Crippen LogP contribution is -2.00. The molecule has 1 N–H and O–H groups in total. The second kappa shape index (κ2) is 7.32. The van der Waals surface area contributed by atoms with Gasteiger partial charge in [-0.2, -0.15) is 0 Å². The highest BCUT2D eigenvalue weighted by Gasteiger charge is 2.11. The van der Waals surface area contributed by atoms with Crippen LogP contribution in [0.25, 0.3) is 22.3 Å². The summed E-state index contributed by atoms with van der Waals surface area (Å²) < 4.78 is 5.20. The van der Waals surface area contributed by atoms with E-state index in [-0.39, 0.29) is 5.69 Å². The topological polar surface area (TPSA) is 90.2 Å². The number of fused-ring (bicyclic) bond motifs is 1. The number of rotatable bonds is 5. The van der Waals surface area contributed by atoms with Crippen molar-refractivity contribution in [2.24, 2.45) is 0 Å². The average Bonchev–Trinajstić information content (AvgIpc) is 2.74. The number of para-hydroxylation sites is 1. The Labute approximate surface area is 160 Å². The molecular weight excluding hydrogens is 356 g/mol. The van der Waals surface area contributed by atoms with Crippen molar-refractivity contribution in [1.29, 1.82) is 0 Å². The van der Waals surface area contributed by atoms with Crippen LogP contribution in [0.5, 0.6) is 5.75 Å². The van der Waals surface area contributed by atoms with Crippen molar-refractivity contribution in [2.75, 3.05) is 12.4 Å². The number of hydrogen-bond acceptors (Lipinski definition) is 6. The van der Waals surface area contributed by atoms with Crippen LogP contribution in [0.2, 0.25) is 0 Å². The fraction of sp³-hybridized carbons (Fsp3) is 0.0476. The number of ether oxygens (including phenoxy) is 1. The van der Waals surface area contributed by atoms with Crippen LogP contribution in [0.15, 0.2) is 72.8 Å². The number of benzene rings is 3. The maximum Gasteiger partial charge on any atom is 0.271 e. The number of nitro benzene ring substituents is 1. The molecule has 0 radical (unpaired) electrons. The minimum atomic E-state index is -0.425. The molecule has 7 nitrogen and oxygen atoms in total. The minimum absolute atomic E-state index is 0.0127. The summed E-state index contributed by atoms with van der Waals surface area (Å²) in [6.45, 7) is 0. The third kappa shape index (κ3) is 3.45. The summed E-state index contributed by atoms with van der Waals surface area (Å²) in [6.07, 6.45) is 0. The van der Waals surface area contributed by atoms with Crippen molar-refractivity contribution >= 4 is 28.1 Å². The Bertz CT molecular complexity index is 1160. The van der Waals surface area contributed by atoms with E-state index >= 15 is 0 Å². The van der Waals surface area contributed by atoms with Gasteiger partial charge in [0, 0.05) is 28.8 Å². The Hall–Kier alpha value is -4.00. The fourth-order valence-corrected chi connectivity index (χ4v) is 2.88. The summed E-state index contributed by atoms with van der Waals surface area (Å²) in [6, 6.07) is 21.4. The standard InChI is InChI=1S/C21H16N4O3/c1-28-17-11-9-14(10-12-17)20-23-19-8-3-2-7-18(19)21(24-20)22-15-5-4-6-16(13-15)25(26)27/h2-13H,1H3,(H,22,23,24). The number of hydrogen-bond donors (Lipinski definition) is 1. The zero-order chi connectivity index (χ0) is 19.5. The average molecular weight is 372 g/mol. The molecule has 0 aliphatic rings. The Morgan fingerprint density at radius 2 is 1.75 bits per heavy atom. The van der Waals surface area contributed by atoms with Gasteiger partial charge in [-0.3, -0.25) is 10.1 Å². The summed E-state index contributed by atoms with van der Waals surface area (Å²) in [7, 11) is 1.61. The van der Waals surface area contributed by atoms with E-state index in [1.165, 1.54) is 12.1 Å². The first kappa shape index (κ1) is 17.4. The van der Waals surface area contributed by atoms with E-state index in [4.69, 9.17) is 4.74 Å². The molecule has 0 spiro atoms. The lowest BCUT2D eigenvalue weighted by molar-refractivity contribution is -0.384. The summed E-state index contributed by atoms with van der Waals surface area (Å²) >= 11 is 0. The van der Waals surface area contributed by atoms with Gasteiger partial charge in [0.1, 0.15) is 11.6 Å². The van der Waals surface area contributed by atoms with Gasteiger partial charge < -0.3 is 10.1 Å². The van der Waals surface area contributed by atoms with Crippen LogP contribution < -0.4 is 10.1 Å². The molecule has 0 fully saturated rings. The van der Waals surface area contributed by atoms with Crippen molar-refractivity contribution in [1.82, 2.24) is 9.97 Å². The maximum absolute atomic E-state index is 11.1. The van der Waals surface area contributed by atoms with Gasteiger partial charge in [0.15, 0.2) is 5.82 Å². The first-order chi connectivity index (χ1) is 13.6. The van der Waals surface area contributed by atoms with Crippen molar-refractivity contribution in [3.8, 4) is 17.1 Å². The smallest absolute Gasteiger partial charge is 0.271 e. The van der Waals surface area contributed by atoms with Gasteiger partial charge >= 0.3 is 0 Å². The van der Waals surface area contributed by atoms with Crippen molar-refractivity contribution in [3.63, 3.8) is 0 Å². The van der Waals surface area contributed by atoms with E-state index in [2.05, 4.69) is 15.3 Å². The van der Waals surface area contributed by atoms with Crippen molar-refractivity contribution < 1.29 is 9.66 Å². The van der Waals surface area contributed by atoms with E-state index < -0.39 is 4.92 Å². The van der Waals surface area contributed by atoms with Gasteiger partial charge in [0.2, 0.25) is 0 Å². The molecule has 138 valence electrons. The van der Waals surface area contributed by atoms with Crippen LogP contribution in [-0.4, -0.2) is 22.0 Å². The van der Waals surface area contributed by atoms with Gasteiger partial charge in [0.05, 0.1) is 17.5 Å². The molecule has 0 bridgehead atoms. The molecule has 0 saturated carbocycles. The van der Waals surface area contributed by atoms with E-state index in [9.17, 15) is 10.1 Å². The number of methoxy groups -OCH3 is 1. The Morgan fingerprint density at radius 1 is 0.964 bits per heavy atom. The zero-order valence-electron chi connectivity index (χ0n) is 15.0. The number of anilines is 2. The molecule has 0 atom stereocenters.